The molecule has 0 fully saturated rings. The van der Waals surface area contributed by atoms with E-state index in [0.29, 0.717) is 91.3 Å². The molecule has 0 rings (SSSR count). The number of carboxylic acids is 1. The Bertz CT molecular complexity index is 933. The number of amides is 5. The minimum Gasteiger partial charge on any atom is -0.480 e. The molecule has 0 aliphatic heterocycles. The number of carboxylic acid groups (broad SMARTS) is 1. The summed E-state index contributed by atoms with van der Waals surface area (Å²) in [6.07, 6.45) is 2.53. The summed E-state index contributed by atoms with van der Waals surface area (Å²) < 4.78 is 9.59. The van der Waals surface area contributed by atoms with Gasteiger partial charge in [0.25, 0.3) is 0 Å². The van der Waals surface area contributed by atoms with Gasteiger partial charge in [-0.15, -0.1) is 0 Å². The van der Waals surface area contributed by atoms with Crippen LogP contribution in [-0.2, 0) is 28.7 Å². The van der Waals surface area contributed by atoms with Gasteiger partial charge in [0.15, 0.2) is 0 Å². The number of rotatable bonds is 30. The molecule has 9 N–H and O–H groups in total. The molecule has 0 aromatic carbocycles. The third-order valence-corrected chi connectivity index (χ3v) is 8.74. The molecular formula is C31H62BrN7O11. The van der Waals surface area contributed by atoms with E-state index in [0.717, 1.165) is 0 Å². The van der Waals surface area contributed by atoms with Crippen LogP contribution < -0.4 is 21.7 Å². The van der Waals surface area contributed by atoms with Crippen molar-refractivity contribution in [3.63, 3.8) is 0 Å². The number of hydrogen-bond donors (Lipinski definition) is 8. The number of halogens is 1. The number of carbonyl (C=O) groups excluding carboxylic acids is 4. The van der Waals surface area contributed by atoms with Gasteiger partial charge in [-0.05, 0) is 38.8 Å². The van der Waals surface area contributed by atoms with Crippen LogP contribution in [0.3, 0.4) is 0 Å². The van der Waals surface area contributed by atoms with Crippen LogP contribution in [0.15, 0.2) is 0 Å². The first-order valence-corrected chi connectivity index (χ1v) is 17.8. The van der Waals surface area contributed by atoms with Gasteiger partial charge in [-0.3, -0.25) is 39.2 Å². The Kier molecular flexibility index (Phi) is 32.2. The van der Waals surface area contributed by atoms with E-state index in [-0.39, 0.29) is 70.4 Å². The summed E-state index contributed by atoms with van der Waals surface area (Å²) in [7, 11) is 0. The van der Waals surface area contributed by atoms with E-state index in [9.17, 15) is 29.1 Å². The molecule has 0 spiro atoms. The molecular weight excluding hydrogens is 726 g/mol. The summed E-state index contributed by atoms with van der Waals surface area (Å²) >= 11 is 3.26. The highest BCUT2D eigenvalue weighted by Crippen LogP contribution is 2.26. The summed E-state index contributed by atoms with van der Waals surface area (Å²) in [6, 6.07) is -0.814. The van der Waals surface area contributed by atoms with E-state index in [1.165, 1.54) is 0 Å². The van der Waals surface area contributed by atoms with Crippen LogP contribution in [0.5, 0.6) is 0 Å². The van der Waals surface area contributed by atoms with E-state index in [1.807, 2.05) is 35.9 Å². The van der Waals surface area contributed by atoms with Crippen molar-refractivity contribution in [2.24, 2.45) is 5.73 Å². The van der Waals surface area contributed by atoms with Gasteiger partial charge in [0.05, 0.1) is 59.3 Å². The molecule has 18 nitrogen and oxygen atoms in total. The van der Waals surface area contributed by atoms with Crippen LogP contribution in [-0.4, -0.2) is 187 Å². The topological polar surface area (TPSA) is 257 Å². The van der Waals surface area contributed by atoms with Crippen LogP contribution in [0.4, 0.5) is 4.79 Å². The summed E-state index contributed by atoms with van der Waals surface area (Å²) in [4.78, 5) is 63.2. The molecule has 0 bridgehead atoms. The summed E-state index contributed by atoms with van der Waals surface area (Å²) in [6.45, 7) is 10.4. The molecule has 0 saturated carbocycles. The third-order valence-electron chi connectivity index (χ3n) is 7.26. The average molecular weight is 789 g/mol. The van der Waals surface area contributed by atoms with Gasteiger partial charge in [-0.2, -0.15) is 0 Å². The number of nitrogens with one attached hydrogen (secondary N) is 3. The average Bonchev–Trinajstić information content (AvgIpc) is 3.07. The van der Waals surface area contributed by atoms with Crippen molar-refractivity contribution in [1.82, 2.24) is 30.7 Å². The number of primary amides is 1. The van der Waals surface area contributed by atoms with Gasteiger partial charge < -0.3 is 46.3 Å². The zero-order chi connectivity index (χ0) is 38.2. The SMILES string of the molecule is CCC(Br)(CC)C(=O)NC(N)=O.CCN(CCN(CCN(CCCCO)CC(=O)NCCOCCO)CC(=O)O)CC(=O)NCCOCCO. The number of unbranched alkanes of at least 4 members (excludes halogenated alkanes) is 1. The van der Waals surface area contributed by atoms with Gasteiger partial charge in [0, 0.05) is 45.9 Å². The number of ether oxygens (including phenoxy) is 2. The lowest BCUT2D eigenvalue weighted by Crippen LogP contribution is -2.46. The number of alkyl halides is 1. The predicted molar refractivity (Wildman–Crippen MR) is 191 cm³/mol. The number of nitrogens with zero attached hydrogens (tertiary/aromatic N) is 3. The number of aliphatic hydroxyl groups is 3. The third kappa shape index (κ3) is 28.2. The number of urea groups is 1. The van der Waals surface area contributed by atoms with Crippen molar-refractivity contribution in [3.8, 4) is 0 Å². The van der Waals surface area contributed by atoms with E-state index in [1.54, 1.807) is 4.90 Å². The Labute approximate surface area is 304 Å². The van der Waals surface area contributed by atoms with Gasteiger partial charge in [-0.25, -0.2) is 4.79 Å². The fourth-order valence-electron chi connectivity index (χ4n) is 4.26. The monoisotopic (exact) mass is 787 g/mol. The number of nitrogens with two attached hydrogens (primary N) is 1. The van der Waals surface area contributed by atoms with Gasteiger partial charge in [0.2, 0.25) is 17.7 Å². The molecule has 0 aromatic rings. The van der Waals surface area contributed by atoms with E-state index in [2.05, 4.69) is 26.6 Å². The first kappa shape index (κ1) is 49.6. The van der Waals surface area contributed by atoms with Crippen LogP contribution in [0.25, 0.3) is 0 Å². The Morgan fingerprint density at radius 2 is 1.14 bits per heavy atom. The minimum atomic E-state index is -0.957. The summed E-state index contributed by atoms with van der Waals surface area (Å²) in [5.41, 5.74) is 4.81. The van der Waals surface area contributed by atoms with Crippen molar-refractivity contribution in [2.75, 3.05) is 118 Å². The lowest BCUT2D eigenvalue weighted by Gasteiger charge is -2.28. The normalized spacial score (nSPS) is 11.3. The van der Waals surface area contributed by atoms with Crippen LogP contribution in [0, 0.1) is 0 Å². The lowest BCUT2D eigenvalue weighted by molar-refractivity contribution is -0.138. The van der Waals surface area contributed by atoms with Gasteiger partial charge >= 0.3 is 12.0 Å². The maximum absolute atomic E-state index is 12.3. The van der Waals surface area contributed by atoms with Crippen LogP contribution in [0.1, 0.15) is 46.5 Å². The van der Waals surface area contributed by atoms with Crippen molar-refractivity contribution in [2.45, 2.75) is 50.8 Å². The standard InChI is InChI=1S/C24H49N5O9.C7H13BrN2O2/c1-2-27(19-22(33)25-5-15-37-17-13-31)8-9-29(21-24(35)36)11-10-28(7-3-4-12-30)20-23(34)26-6-16-38-18-14-32;1-3-7(8,4-2)5(11)10-6(9)12/h30-32H,2-21H2,1H3,(H,25,33)(H,26,34)(H,35,36);3-4H2,1-2H3,(H3,9,10,11,12). The Hall–Kier alpha value is -2.49. The smallest absolute Gasteiger partial charge is 0.318 e. The number of hydrogen-bond acceptors (Lipinski definition) is 13. The van der Waals surface area contributed by atoms with E-state index < -0.39 is 16.3 Å². The number of aliphatic carboxylic acids is 1. The van der Waals surface area contributed by atoms with Crippen LogP contribution >= 0.6 is 15.9 Å². The molecule has 0 radical (unpaired) electrons. The molecule has 0 heterocycles. The number of carbonyl (C=O) groups is 5. The summed E-state index contributed by atoms with van der Waals surface area (Å²) in [5.74, 6) is -1.68. The van der Waals surface area contributed by atoms with Gasteiger partial charge in [-0.1, -0.05) is 36.7 Å². The Morgan fingerprint density at radius 3 is 1.54 bits per heavy atom. The molecule has 19 heteroatoms. The second kappa shape index (κ2) is 32.4. The zero-order valence-electron chi connectivity index (χ0n) is 30.0. The number of imide groups is 1. The summed E-state index contributed by atoms with van der Waals surface area (Å²) in [5, 5.41) is 43.5. The maximum Gasteiger partial charge on any atom is 0.318 e. The minimum absolute atomic E-state index is 0.0590. The highest BCUT2D eigenvalue weighted by atomic mass is 79.9. The fourth-order valence-corrected chi connectivity index (χ4v) is 4.36. The first-order valence-electron chi connectivity index (χ1n) is 17.0. The molecule has 0 aliphatic carbocycles. The molecule has 5 amide bonds. The molecule has 0 unspecified atom stereocenters. The Morgan fingerprint density at radius 1 is 0.680 bits per heavy atom. The van der Waals surface area contributed by atoms with Gasteiger partial charge in [0.1, 0.15) is 4.32 Å². The highest BCUT2D eigenvalue weighted by Gasteiger charge is 2.32. The van der Waals surface area contributed by atoms with E-state index >= 15 is 0 Å². The second-order valence-corrected chi connectivity index (χ2v) is 12.6. The first-order chi connectivity index (χ1) is 23.8. The van der Waals surface area contributed by atoms with Crippen molar-refractivity contribution >= 4 is 45.7 Å². The van der Waals surface area contributed by atoms with Crippen molar-refractivity contribution < 1.29 is 53.9 Å². The quantitative estimate of drug-likeness (QED) is 0.0294. The molecule has 0 aliphatic rings. The zero-order valence-corrected chi connectivity index (χ0v) is 31.6. The highest BCUT2D eigenvalue weighted by molar-refractivity contribution is 9.10. The number of aliphatic hydroxyl groups excluding tert-OH is 3. The second-order valence-electron chi connectivity index (χ2n) is 11.1. The van der Waals surface area contributed by atoms with E-state index in [4.69, 9.17) is 30.5 Å². The molecule has 50 heavy (non-hydrogen) atoms. The lowest BCUT2D eigenvalue weighted by atomic mass is 10.0. The van der Waals surface area contributed by atoms with Crippen LogP contribution in [0.2, 0.25) is 0 Å². The molecule has 0 saturated heterocycles. The molecule has 0 atom stereocenters. The fraction of sp³-hybridized carbons (Fsp3) is 0.839. The molecule has 0 aromatic heterocycles. The van der Waals surface area contributed by atoms with Crippen molar-refractivity contribution in [1.29, 1.82) is 0 Å². The Balaban J connectivity index is 0. The van der Waals surface area contributed by atoms with Crippen molar-refractivity contribution in [3.05, 3.63) is 0 Å². The maximum atomic E-state index is 12.3. The number of likely N-dealkylation sites (N-methyl/N-ethyl adjacent to an activating group) is 1. The largest absolute Gasteiger partial charge is 0.480 e. The predicted octanol–water partition coefficient (Wildman–Crippen LogP) is -1.85. The molecule has 294 valence electrons.